The highest BCUT2D eigenvalue weighted by molar-refractivity contribution is 5.98. The summed E-state index contributed by atoms with van der Waals surface area (Å²) in [5.74, 6) is -1.00. The van der Waals surface area contributed by atoms with Crippen molar-refractivity contribution in [2.24, 2.45) is 0 Å². The van der Waals surface area contributed by atoms with E-state index in [1.807, 2.05) is 0 Å². The molecular formula is C13H14N2O6. The van der Waals surface area contributed by atoms with Crippen molar-refractivity contribution in [3.05, 3.63) is 39.6 Å². The molecule has 0 spiro atoms. The fourth-order valence-corrected chi connectivity index (χ4v) is 1.53. The van der Waals surface area contributed by atoms with Gasteiger partial charge in [-0.2, -0.15) is 0 Å². The van der Waals surface area contributed by atoms with Crippen LogP contribution in [0, 0.1) is 10.1 Å². The molecule has 0 aliphatic rings. The number of amides is 1. The Morgan fingerprint density at radius 2 is 2.00 bits per heavy atom. The molecule has 8 nitrogen and oxygen atoms in total. The Morgan fingerprint density at radius 3 is 2.48 bits per heavy atom. The molecule has 0 fully saturated rings. The average molecular weight is 294 g/mol. The third-order valence-corrected chi connectivity index (χ3v) is 2.45. The number of hydrogen-bond donors (Lipinski definition) is 1. The number of hydrogen-bond acceptors (Lipinski definition) is 6. The van der Waals surface area contributed by atoms with Crippen LogP contribution in [0.4, 0.5) is 5.69 Å². The second-order valence-electron chi connectivity index (χ2n) is 3.91. The molecule has 8 heteroatoms. The van der Waals surface area contributed by atoms with E-state index in [9.17, 15) is 19.7 Å². The summed E-state index contributed by atoms with van der Waals surface area (Å²) in [7, 11) is 2.52. The third kappa shape index (κ3) is 4.30. The Balaban J connectivity index is 3.34. The molecule has 112 valence electrons. The van der Waals surface area contributed by atoms with Crippen molar-refractivity contribution in [1.82, 2.24) is 5.32 Å². The molecule has 0 unspecified atom stereocenters. The SMILES string of the molecule is COC(=O)/C(=C/c1ccc(OC)cc1[N+](=O)[O-])NC(C)=O. The summed E-state index contributed by atoms with van der Waals surface area (Å²) in [5, 5.41) is 13.3. The van der Waals surface area contributed by atoms with Gasteiger partial charge < -0.3 is 14.8 Å². The maximum Gasteiger partial charge on any atom is 0.354 e. The van der Waals surface area contributed by atoms with Crippen LogP contribution in [-0.2, 0) is 14.3 Å². The number of ether oxygens (including phenoxy) is 2. The molecule has 1 amide bonds. The van der Waals surface area contributed by atoms with Gasteiger partial charge >= 0.3 is 5.97 Å². The van der Waals surface area contributed by atoms with Crippen LogP contribution in [0.25, 0.3) is 6.08 Å². The smallest absolute Gasteiger partial charge is 0.354 e. The maximum atomic E-state index is 11.6. The predicted molar refractivity (Wildman–Crippen MR) is 73.5 cm³/mol. The fraction of sp³-hybridized carbons (Fsp3) is 0.231. The van der Waals surface area contributed by atoms with Gasteiger partial charge in [-0.3, -0.25) is 14.9 Å². The summed E-state index contributed by atoms with van der Waals surface area (Å²) >= 11 is 0. The number of methoxy groups -OCH3 is 2. The fourth-order valence-electron chi connectivity index (χ4n) is 1.53. The lowest BCUT2D eigenvalue weighted by molar-refractivity contribution is -0.385. The van der Waals surface area contributed by atoms with Crippen LogP contribution < -0.4 is 10.1 Å². The number of nitro groups is 1. The van der Waals surface area contributed by atoms with Gasteiger partial charge in [-0.15, -0.1) is 0 Å². The van der Waals surface area contributed by atoms with Gasteiger partial charge in [0.2, 0.25) is 5.91 Å². The number of rotatable bonds is 5. The highest BCUT2D eigenvalue weighted by Crippen LogP contribution is 2.26. The summed E-state index contributed by atoms with van der Waals surface area (Å²) in [6, 6.07) is 4.12. The van der Waals surface area contributed by atoms with E-state index in [0.717, 1.165) is 7.11 Å². The Labute approximate surface area is 120 Å². The minimum absolute atomic E-state index is 0.134. The molecule has 0 saturated carbocycles. The van der Waals surface area contributed by atoms with Gasteiger partial charge in [-0.1, -0.05) is 0 Å². The van der Waals surface area contributed by atoms with Gasteiger partial charge in [0.15, 0.2) is 0 Å². The van der Waals surface area contributed by atoms with E-state index in [0.29, 0.717) is 5.75 Å². The van der Waals surface area contributed by atoms with Crippen molar-refractivity contribution in [1.29, 1.82) is 0 Å². The largest absolute Gasteiger partial charge is 0.497 e. The molecule has 1 aromatic rings. The number of nitrogens with one attached hydrogen (secondary N) is 1. The summed E-state index contributed by atoms with van der Waals surface area (Å²) in [6.45, 7) is 1.21. The van der Waals surface area contributed by atoms with E-state index in [-0.39, 0.29) is 16.9 Å². The van der Waals surface area contributed by atoms with Crippen LogP contribution >= 0.6 is 0 Å². The minimum atomic E-state index is -0.810. The van der Waals surface area contributed by atoms with Crippen molar-refractivity contribution >= 4 is 23.6 Å². The van der Waals surface area contributed by atoms with Crippen LogP contribution in [0.5, 0.6) is 5.75 Å². The van der Waals surface area contributed by atoms with Gasteiger partial charge in [-0.25, -0.2) is 4.79 Å². The van der Waals surface area contributed by atoms with Gasteiger partial charge in [0.05, 0.1) is 30.8 Å². The van der Waals surface area contributed by atoms with E-state index >= 15 is 0 Å². The van der Waals surface area contributed by atoms with Crippen molar-refractivity contribution in [3.63, 3.8) is 0 Å². The molecule has 0 aliphatic heterocycles. The average Bonchev–Trinajstić information content (AvgIpc) is 2.45. The maximum absolute atomic E-state index is 11.6. The highest BCUT2D eigenvalue weighted by atomic mass is 16.6. The van der Waals surface area contributed by atoms with E-state index in [2.05, 4.69) is 10.1 Å². The monoisotopic (exact) mass is 294 g/mol. The molecule has 0 aromatic heterocycles. The number of nitro benzene ring substituents is 1. The lowest BCUT2D eigenvalue weighted by atomic mass is 10.1. The predicted octanol–water partition coefficient (Wildman–Crippen LogP) is 1.25. The number of carbonyl (C=O) groups excluding carboxylic acids is 2. The van der Waals surface area contributed by atoms with Gasteiger partial charge in [-0.05, 0) is 18.2 Å². The molecule has 0 saturated heterocycles. The Bertz CT molecular complexity index is 609. The summed E-state index contributed by atoms with van der Waals surface area (Å²) in [6.07, 6.45) is 1.17. The quantitative estimate of drug-likeness (QED) is 0.379. The van der Waals surface area contributed by atoms with E-state index in [1.165, 1.54) is 38.3 Å². The zero-order valence-corrected chi connectivity index (χ0v) is 11.7. The lowest BCUT2D eigenvalue weighted by Gasteiger charge is -2.07. The van der Waals surface area contributed by atoms with Gasteiger partial charge in [0.1, 0.15) is 11.4 Å². The molecule has 1 N–H and O–H groups in total. The zero-order valence-electron chi connectivity index (χ0n) is 11.7. The first-order valence-electron chi connectivity index (χ1n) is 5.79. The summed E-state index contributed by atoms with van der Waals surface area (Å²) in [4.78, 5) is 33.1. The lowest BCUT2D eigenvalue weighted by Crippen LogP contribution is -2.25. The number of benzene rings is 1. The first-order chi connectivity index (χ1) is 9.88. The second kappa shape index (κ2) is 7.04. The standard InChI is InChI=1S/C13H14N2O6/c1-8(16)14-11(13(17)21-3)6-9-4-5-10(20-2)7-12(9)15(18)19/h4-7H,1-3H3,(H,14,16)/b11-6-. The Hall–Kier alpha value is -2.90. The second-order valence-corrected chi connectivity index (χ2v) is 3.91. The normalized spacial score (nSPS) is 10.7. The third-order valence-electron chi connectivity index (χ3n) is 2.45. The number of carbonyl (C=O) groups is 2. The van der Waals surface area contributed by atoms with Crippen LogP contribution in [-0.4, -0.2) is 31.0 Å². The summed E-state index contributed by atoms with van der Waals surface area (Å²) < 4.78 is 9.43. The minimum Gasteiger partial charge on any atom is -0.497 e. The van der Waals surface area contributed by atoms with Crippen molar-refractivity contribution < 1.29 is 24.0 Å². The van der Waals surface area contributed by atoms with Crippen LogP contribution in [0.2, 0.25) is 0 Å². The molecule has 0 heterocycles. The molecule has 1 rings (SSSR count). The molecule has 0 radical (unpaired) electrons. The Kier molecular flexibility index (Phi) is 5.41. The van der Waals surface area contributed by atoms with E-state index < -0.39 is 16.8 Å². The molecule has 21 heavy (non-hydrogen) atoms. The molecule has 0 atom stereocenters. The Morgan fingerprint density at radius 1 is 1.33 bits per heavy atom. The number of nitrogens with zero attached hydrogens (tertiary/aromatic N) is 1. The highest BCUT2D eigenvalue weighted by Gasteiger charge is 2.17. The van der Waals surface area contributed by atoms with Crippen LogP contribution in [0.1, 0.15) is 12.5 Å². The van der Waals surface area contributed by atoms with Crippen LogP contribution in [0.3, 0.4) is 0 Å². The zero-order chi connectivity index (χ0) is 16.0. The topological polar surface area (TPSA) is 108 Å². The van der Waals surface area contributed by atoms with Crippen molar-refractivity contribution in [3.8, 4) is 5.75 Å². The van der Waals surface area contributed by atoms with Crippen molar-refractivity contribution in [2.45, 2.75) is 6.92 Å². The van der Waals surface area contributed by atoms with Crippen molar-refractivity contribution in [2.75, 3.05) is 14.2 Å². The van der Waals surface area contributed by atoms with Gasteiger partial charge in [0.25, 0.3) is 5.69 Å². The van der Waals surface area contributed by atoms with E-state index in [1.54, 1.807) is 0 Å². The molecule has 0 aliphatic carbocycles. The van der Waals surface area contributed by atoms with E-state index in [4.69, 9.17) is 4.74 Å². The molecular weight excluding hydrogens is 280 g/mol. The molecule has 0 bridgehead atoms. The van der Waals surface area contributed by atoms with Crippen LogP contribution in [0.15, 0.2) is 23.9 Å². The first kappa shape index (κ1) is 16.2. The van der Waals surface area contributed by atoms with Gasteiger partial charge in [0, 0.05) is 6.92 Å². The summed E-state index contributed by atoms with van der Waals surface area (Å²) in [5.41, 5.74) is -0.325. The number of esters is 1. The first-order valence-corrected chi connectivity index (χ1v) is 5.79. The molecule has 1 aromatic carbocycles.